The molecule has 0 atom stereocenters. The molecule has 1 aliphatic rings. The fourth-order valence-corrected chi connectivity index (χ4v) is 2.34. The van der Waals surface area contributed by atoms with E-state index in [2.05, 4.69) is 19.8 Å². The number of aromatic nitrogens is 2. The molecule has 0 fully saturated rings. The molecule has 1 N–H and O–H groups in total. The molecule has 0 unspecified atom stereocenters. The Morgan fingerprint density at radius 3 is 3.00 bits per heavy atom. The third-order valence-corrected chi connectivity index (χ3v) is 3.41. The van der Waals surface area contributed by atoms with Gasteiger partial charge in [-0.3, -0.25) is 0 Å². The van der Waals surface area contributed by atoms with Crippen molar-refractivity contribution in [3.8, 4) is 0 Å². The zero-order valence-corrected chi connectivity index (χ0v) is 10.5. The minimum absolute atomic E-state index is 0.333. The van der Waals surface area contributed by atoms with Crippen molar-refractivity contribution in [1.82, 2.24) is 10.3 Å². The van der Waals surface area contributed by atoms with E-state index < -0.39 is 5.97 Å². The predicted octanol–water partition coefficient (Wildman–Crippen LogP) is 1.64. The number of carboxylic acid groups (broad SMARTS) is 1. The lowest BCUT2D eigenvalue weighted by Crippen LogP contribution is -2.20. The Morgan fingerprint density at radius 2 is 2.32 bits per heavy atom. The fraction of sp³-hybridized carbons (Fsp3) is 0.308. The smallest absolute Gasteiger partial charge is 0.335 e. The van der Waals surface area contributed by atoms with Crippen molar-refractivity contribution < 1.29 is 14.5 Å². The number of aryl methyl sites for hydroxylation is 1. The van der Waals surface area contributed by atoms with E-state index in [0.29, 0.717) is 12.1 Å². The van der Waals surface area contributed by atoms with Crippen molar-refractivity contribution in [2.75, 3.05) is 11.4 Å². The van der Waals surface area contributed by atoms with Crippen molar-refractivity contribution >= 4 is 11.7 Å². The number of hydrogen-bond donors (Lipinski definition) is 1. The first-order chi connectivity index (χ1) is 9.15. The molecule has 3 rings (SSSR count). The van der Waals surface area contributed by atoms with Gasteiger partial charge in [-0.1, -0.05) is 10.3 Å². The second-order valence-corrected chi connectivity index (χ2v) is 4.62. The predicted molar refractivity (Wildman–Crippen MR) is 67.2 cm³/mol. The highest BCUT2D eigenvalue weighted by molar-refractivity contribution is 5.88. The molecule has 0 aliphatic carbocycles. The van der Waals surface area contributed by atoms with Crippen LogP contribution >= 0.6 is 0 Å². The third-order valence-electron chi connectivity index (χ3n) is 3.41. The van der Waals surface area contributed by atoms with Gasteiger partial charge in [0.1, 0.15) is 11.4 Å². The van der Waals surface area contributed by atoms with Crippen LogP contribution in [0.2, 0.25) is 0 Å². The van der Waals surface area contributed by atoms with Crippen LogP contribution in [0.4, 0.5) is 5.69 Å². The third kappa shape index (κ3) is 2.05. The summed E-state index contributed by atoms with van der Waals surface area (Å²) in [5.41, 5.74) is 4.06. The quantitative estimate of drug-likeness (QED) is 0.902. The molecule has 0 amide bonds. The van der Waals surface area contributed by atoms with E-state index in [9.17, 15) is 4.79 Å². The Hall–Kier alpha value is -2.37. The molecule has 98 valence electrons. The topological polar surface area (TPSA) is 79.5 Å². The van der Waals surface area contributed by atoms with Crippen molar-refractivity contribution in [1.29, 1.82) is 0 Å². The molecule has 0 radical (unpaired) electrons. The van der Waals surface area contributed by atoms with E-state index in [0.717, 1.165) is 35.6 Å². The summed E-state index contributed by atoms with van der Waals surface area (Å²) in [5.74, 6) is -0.891. The van der Waals surface area contributed by atoms with Gasteiger partial charge in [-0.2, -0.15) is 0 Å². The maximum absolute atomic E-state index is 10.9. The lowest BCUT2D eigenvalue weighted by atomic mass is 10.1. The lowest BCUT2D eigenvalue weighted by Gasteiger charge is -2.17. The Balaban J connectivity index is 1.86. The summed E-state index contributed by atoms with van der Waals surface area (Å²) in [6, 6.07) is 5.23. The van der Waals surface area contributed by atoms with Crippen molar-refractivity contribution in [2.24, 2.45) is 0 Å². The van der Waals surface area contributed by atoms with E-state index in [1.807, 2.05) is 13.0 Å². The molecule has 2 heterocycles. The highest BCUT2D eigenvalue weighted by Gasteiger charge is 2.22. The first-order valence-electron chi connectivity index (χ1n) is 6.04. The highest BCUT2D eigenvalue weighted by Crippen LogP contribution is 2.30. The van der Waals surface area contributed by atoms with Crippen LogP contribution in [0.1, 0.15) is 27.3 Å². The number of fused-ring (bicyclic) bond motifs is 1. The van der Waals surface area contributed by atoms with Crippen LogP contribution in [0.25, 0.3) is 0 Å². The molecule has 0 spiro atoms. The van der Waals surface area contributed by atoms with Crippen LogP contribution in [0.15, 0.2) is 22.8 Å². The molecule has 0 saturated carbocycles. The number of benzene rings is 1. The maximum Gasteiger partial charge on any atom is 0.335 e. The molecular formula is C13H13N3O3. The molecule has 6 nitrogen and oxygen atoms in total. The SMILES string of the molecule is Cc1nonc1CN1CCc2cc(C(=O)O)ccc21. The molecule has 1 aliphatic heterocycles. The van der Waals surface area contributed by atoms with Gasteiger partial charge in [0.15, 0.2) is 0 Å². The van der Waals surface area contributed by atoms with Crippen LogP contribution in [-0.2, 0) is 13.0 Å². The van der Waals surface area contributed by atoms with E-state index in [1.165, 1.54) is 0 Å². The van der Waals surface area contributed by atoms with Crippen LogP contribution in [0.3, 0.4) is 0 Å². The van der Waals surface area contributed by atoms with E-state index in [-0.39, 0.29) is 0 Å². The van der Waals surface area contributed by atoms with Crippen LogP contribution in [-0.4, -0.2) is 27.9 Å². The van der Waals surface area contributed by atoms with Gasteiger partial charge in [0.25, 0.3) is 0 Å². The number of hydrogen-bond acceptors (Lipinski definition) is 5. The number of rotatable bonds is 3. The van der Waals surface area contributed by atoms with Crippen LogP contribution < -0.4 is 4.90 Å². The summed E-state index contributed by atoms with van der Waals surface area (Å²) in [6.07, 6.45) is 0.848. The number of carbonyl (C=O) groups is 1. The minimum Gasteiger partial charge on any atom is -0.478 e. The van der Waals surface area contributed by atoms with E-state index in [1.54, 1.807) is 12.1 Å². The molecule has 19 heavy (non-hydrogen) atoms. The standard InChI is InChI=1S/C13H13N3O3/c1-8-11(15-19-14-8)7-16-5-4-9-6-10(13(17)18)2-3-12(9)16/h2-3,6H,4-5,7H2,1H3,(H,17,18). The Kier molecular flexibility index (Phi) is 2.70. The van der Waals surface area contributed by atoms with Crippen LogP contribution in [0.5, 0.6) is 0 Å². The normalized spacial score (nSPS) is 13.6. The van der Waals surface area contributed by atoms with Gasteiger partial charge < -0.3 is 10.0 Å². The van der Waals surface area contributed by atoms with E-state index in [4.69, 9.17) is 5.11 Å². The van der Waals surface area contributed by atoms with Crippen molar-refractivity contribution in [3.63, 3.8) is 0 Å². The number of nitrogens with zero attached hydrogens (tertiary/aromatic N) is 3. The Morgan fingerprint density at radius 1 is 1.47 bits per heavy atom. The largest absolute Gasteiger partial charge is 0.478 e. The van der Waals surface area contributed by atoms with Crippen LogP contribution in [0, 0.1) is 6.92 Å². The number of carboxylic acids is 1. The summed E-state index contributed by atoms with van der Waals surface area (Å²) in [7, 11) is 0. The first-order valence-corrected chi connectivity index (χ1v) is 6.04. The number of aromatic carboxylic acids is 1. The van der Waals surface area contributed by atoms with Gasteiger partial charge in [0.2, 0.25) is 0 Å². The average Bonchev–Trinajstić information content (AvgIpc) is 2.97. The lowest BCUT2D eigenvalue weighted by molar-refractivity contribution is 0.0697. The number of anilines is 1. The van der Waals surface area contributed by atoms with Gasteiger partial charge >= 0.3 is 5.97 Å². The second kappa shape index (κ2) is 4.38. The summed E-state index contributed by atoms with van der Waals surface area (Å²) in [6.45, 7) is 3.34. The molecule has 6 heteroatoms. The summed E-state index contributed by atoms with van der Waals surface area (Å²) >= 11 is 0. The zero-order valence-electron chi connectivity index (χ0n) is 10.5. The molecule has 2 aromatic rings. The highest BCUT2D eigenvalue weighted by atomic mass is 16.6. The molecule has 0 bridgehead atoms. The molecule has 0 saturated heterocycles. The minimum atomic E-state index is -0.891. The molecule has 1 aromatic carbocycles. The van der Waals surface area contributed by atoms with Gasteiger partial charge in [0.05, 0.1) is 12.1 Å². The average molecular weight is 259 g/mol. The van der Waals surface area contributed by atoms with Gasteiger partial charge in [-0.05, 0) is 37.1 Å². The van der Waals surface area contributed by atoms with Gasteiger partial charge in [-0.25, -0.2) is 9.42 Å². The second-order valence-electron chi connectivity index (χ2n) is 4.62. The summed E-state index contributed by atoms with van der Waals surface area (Å²) < 4.78 is 4.69. The fourth-order valence-electron chi connectivity index (χ4n) is 2.34. The van der Waals surface area contributed by atoms with Crippen molar-refractivity contribution in [3.05, 3.63) is 40.7 Å². The maximum atomic E-state index is 10.9. The molecule has 1 aromatic heterocycles. The Bertz CT molecular complexity index is 636. The summed E-state index contributed by atoms with van der Waals surface area (Å²) in [4.78, 5) is 13.1. The molecular weight excluding hydrogens is 246 g/mol. The van der Waals surface area contributed by atoms with Crippen molar-refractivity contribution in [2.45, 2.75) is 19.9 Å². The zero-order chi connectivity index (χ0) is 13.4. The summed E-state index contributed by atoms with van der Waals surface area (Å²) in [5, 5.41) is 16.6. The monoisotopic (exact) mass is 259 g/mol. The van der Waals surface area contributed by atoms with E-state index >= 15 is 0 Å². The Labute approximate surface area is 109 Å². The first kappa shape index (κ1) is 11.7. The van der Waals surface area contributed by atoms with Gasteiger partial charge in [-0.15, -0.1) is 0 Å². The van der Waals surface area contributed by atoms with Gasteiger partial charge in [0, 0.05) is 12.2 Å².